The number of nitrogens with zero attached hydrogens (tertiary/aromatic N) is 2. The molecule has 68 valence electrons. The van der Waals surface area contributed by atoms with Crippen molar-refractivity contribution in [2.45, 2.75) is 32.1 Å². The van der Waals surface area contributed by atoms with Crippen molar-refractivity contribution in [2.75, 3.05) is 0 Å². The van der Waals surface area contributed by atoms with Crippen molar-refractivity contribution in [3.8, 4) is 0 Å². The molecule has 0 atom stereocenters. The molecular weight excluding hydrogens is 152 g/mol. The van der Waals surface area contributed by atoms with Gasteiger partial charge in [0.1, 0.15) is 0 Å². The van der Waals surface area contributed by atoms with Crippen molar-refractivity contribution in [3.05, 3.63) is 0 Å². The van der Waals surface area contributed by atoms with Gasteiger partial charge in [-0.05, 0) is 18.8 Å². The van der Waals surface area contributed by atoms with Gasteiger partial charge in [-0.15, -0.1) is 5.10 Å². The minimum atomic E-state index is 0.0297. The number of guanidine groups is 1. The molecule has 4 nitrogen and oxygen atoms in total. The van der Waals surface area contributed by atoms with Gasteiger partial charge in [0.15, 0.2) is 0 Å². The maximum atomic E-state index is 5.12. The molecule has 0 spiro atoms. The molecule has 0 heterocycles. The predicted octanol–water partition coefficient (Wildman–Crippen LogP) is 0.826. The molecule has 12 heavy (non-hydrogen) atoms. The van der Waals surface area contributed by atoms with E-state index in [1.807, 2.05) is 6.21 Å². The van der Waals surface area contributed by atoms with Crippen LogP contribution in [0.5, 0.6) is 0 Å². The second-order valence-corrected chi connectivity index (χ2v) is 3.19. The maximum absolute atomic E-state index is 5.12. The van der Waals surface area contributed by atoms with Gasteiger partial charge in [0.05, 0.1) is 0 Å². The summed E-state index contributed by atoms with van der Waals surface area (Å²) in [6.07, 6.45) is 8.27. The van der Waals surface area contributed by atoms with Gasteiger partial charge >= 0.3 is 0 Å². The Kier molecular flexibility index (Phi) is 3.57. The number of hydrogen-bond acceptors (Lipinski definition) is 2. The van der Waals surface area contributed by atoms with Crippen LogP contribution in [0.4, 0.5) is 0 Å². The van der Waals surface area contributed by atoms with Crippen LogP contribution in [0.15, 0.2) is 10.2 Å². The summed E-state index contributed by atoms with van der Waals surface area (Å²) in [4.78, 5) is 0. The third kappa shape index (κ3) is 3.37. The van der Waals surface area contributed by atoms with E-state index in [9.17, 15) is 0 Å². The summed E-state index contributed by atoms with van der Waals surface area (Å²) < 4.78 is 0. The van der Waals surface area contributed by atoms with Gasteiger partial charge in [-0.25, -0.2) is 0 Å². The van der Waals surface area contributed by atoms with Gasteiger partial charge in [-0.2, -0.15) is 5.10 Å². The first kappa shape index (κ1) is 9.03. The standard InChI is InChI=1S/C8H16N4/c9-8(10)12-11-6-7-4-2-1-3-5-7/h6-7H,1-5H2,(H4,9,10,12)/b11-6+. The lowest BCUT2D eigenvalue weighted by Crippen LogP contribution is -2.22. The van der Waals surface area contributed by atoms with Crippen LogP contribution in [0.3, 0.4) is 0 Å². The monoisotopic (exact) mass is 168 g/mol. The Labute approximate surface area is 72.7 Å². The second-order valence-electron chi connectivity index (χ2n) is 3.19. The molecule has 0 saturated heterocycles. The van der Waals surface area contributed by atoms with Crippen molar-refractivity contribution >= 4 is 12.2 Å². The summed E-state index contributed by atoms with van der Waals surface area (Å²) >= 11 is 0. The Morgan fingerprint density at radius 1 is 1.17 bits per heavy atom. The molecular formula is C8H16N4. The fourth-order valence-electron chi connectivity index (χ4n) is 1.48. The number of nitrogens with two attached hydrogens (primary N) is 2. The van der Waals surface area contributed by atoms with Crippen LogP contribution in [0.1, 0.15) is 32.1 Å². The SMILES string of the molecule is NC(N)=N/N=C/C1CCCCC1. The van der Waals surface area contributed by atoms with Crippen molar-refractivity contribution < 1.29 is 0 Å². The first-order valence-electron chi connectivity index (χ1n) is 4.41. The van der Waals surface area contributed by atoms with Crippen molar-refractivity contribution in [1.82, 2.24) is 0 Å². The van der Waals surface area contributed by atoms with Gasteiger partial charge < -0.3 is 11.5 Å². The molecule has 0 aromatic carbocycles. The van der Waals surface area contributed by atoms with Crippen LogP contribution in [0.2, 0.25) is 0 Å². The van der Waals surface area contributed by atoms with Crippen molar-refractivity contribution in [3.63, 3.8) is 0 Å². The Bertz CT molecular complexity index is 175. The summed E-state index contributed by atoms with van der Waals surface area (Å²) in [5.74, 6) is 0.615. The minimum Gasteiger partial charge on any atom is -0.369 e. The molecule has 1 rings (SSSR count). The molecule has 1 aliphatic carbocycles. The first-order valence-corrected chi connectivity index (χ1v) is 4.41. The molecule has 0 bridgehead atoms. The Morgan fingerprint density at radius 3 is 2.42 bits per heavy atom. The van der Waals surface area contributed by atoms with E-state index < -0.39 is 0 Å². The fourth-order valence-corrected chi connectivity index (χ4v) is 1.48. The van der Waals surface area contributed by atoms with Crippen molar-refractivity contribution in [2.24, 2.45) is 27.6 Å². The van der Waals surface area contributed by atoms with Crippen LogP contribution in [0.25, 0.3) is 0 Å². The molecule has 0 aromatic heterocycles. The van der Waals surface area contributed by atoms with Crippen LogP contribution >= 0.6 is 0 Å². The Hall–Kier alpha value is -1.06. The van der Waals surface area contributed by atoms with Gasteiger partial charge in [-0.3, -0.25) is 0 Å². The van der Waals surface area contributed by atoms with Crippen molar-refractivity contribution in [1.29, 1.82) is 0 Å². The lowest BCUT2D eigenvalue weighted by molar-refractivity contribution is 0.444. The lowest BCUT2D eigenvalue weighted by Gasteiger charge is -2.16. The predicted molar refractivity (Wildman–Crippen MR) is 50.9 cm³/mol. The zero-order chi connectivity index (χ0) is 8.81. The van der Waals surface area contributed by atoms with Gasteiger partial charge in [0.2, 0.25) is 5.96 Å². The highest BCUT2D eigenvalue weighted by Gasteiger charge is 2.10. The largest absolute Gasteiger partial charge is 0.369 e. The smallest absolute Gasteiger partial charge is 0.211 e. The molecule has 4 N–H and O–H groups in total. The number of rotatable bonds is 2. The topological polar surface area (TPSA) is 76.8 Å². The van der Waals surface area contributed by atoms with E-state index in [2.05, 4.69) is 10.2 Å². The third-order valence-electron chi connectivity index (χ3n) is 2.10. The quantitative estimate of drug-likeness (QED) is 0.364. The van der Waals surface area contributed by atoms with E-state index in [0.717, 1.165) is 0 Å². The summed E-state index contributed by atoms with van der Waals surface area (Å²) in [6.45, 7) is 0. The first-order chi connectivity index (χ1) is 5.79. The highest BCUT2D eigenvalue weighted by atomic mass is 15.3. The van der Waals surface area contributed by atoms with Gasteiger partial charge in [-0.1, -0.05) is 19.3 Å². The van der Waals surface area contributed by atoms with E-state index >= 15 is 0 Å². The molecule has 1 fully saturated rings. The zero-order valence-corrected chi connectivity index (χ0v) is 7.24. The molecule has 0 amide bonds. The molecule has 0 aromatic rings. The fraction of sp³-hybridized carbons (Fsp3) is 0.750. The maximum Gasteiger partial charge on any atom is 0.211 e. The van der Waals surface area contributed by atoms with E-state index in [-0.39, 0.29) is 5.96 Å². The summed E-state index contributed by atoms with van der Waals surface area (Å²) in [5, 5.41) is 7.37. The molecule has 1 saturated carbocycles. The summed E-state index contributed by atoms with van der Waals surface area (Å²) in [7, 11) is 0. The second kappa shape index (κ2) is 4.74. The molecule has 0 aliphatic heterocycles. The average Bonchev–Trinajstić information content (AvgIpc) is 2.05. The molecule has 4 heteroatoms. The Balaban J connectivity index is 2.29. The highest BCUT2D eigenvalue weighted by Crippen LogP contribution is 2.21. The highest BCUT2D eigenvalue weighted by molar-refractivity contribution is 5.76. The van der Waals surface area contributed by atoms with Crippen LogP contribution in [-0.2, 0) is 0 Å². The van der Waals surface area contributed by atoms with Gasteiger partial charge in [0, 0.05) is 6.21 Å². The van der Waals surface area contributed by atoms with E-state index in [4.69, 9.17) is 11.5 Å². The van der Waals surface area contributed by atoms with Crippen LogP contribution in [-0.4, -0.2) is 12.2 Å². The lowest BCUT2D eigenvalue weighted by atomic mass is 9.90. The zero-order valence-electron chi connectivity index (χ0n) is 7.24. The van der Waals surface area contributed by atoms with Crippen LogP contribution in [0, 0.1) is 5.92 Å². The third-order valence-corrected chi connectivity index (χ3v) is 2.10. The minimum absolute atomic E-state index is 0.0297. The van der Waals surface area contributed by atoms with E-state index in [1.165, 1.54) is 32.1 Å². The normalized spacial score (nSPS) is 19.7. The Morgan fingerprint density at radius 2 is 1.83 bits per heavy atom. The summed E-state index contributed by atoms with van der Waals surface area (Å²) in [6, 6.07) is 0. The van der Waals surface area contributed by atoms with E-state index in [0.29, 0.717) is 5.92 Å². The average molecular weight is 168 g/mol. The van der Waals surface area contributed by atoms with E-state index in [1.54, 1.807) is 0 Å². The summed E-state index contributed by atoms with van der Waals surface area (Å²) in [5.41, 5.74) is 10.2. The molecule has 1 aliphatic rings. The molecule has 0 unspecified atom stereocenters. The van der Waals surface area contributed by atoms with Gasteiger partial charge in [0.25, 0.3) is 0 Å². The molecule has 0 radical (unpaired) electrons. The number of hydrogen-bond donors (Lipinski definition) is 2. The van der Waals surface area contributed by atoms with Crippen LogP contribution < -0.4 is 11.5 Å².